The molecule has 0 saturated heterocycles. The molecule has 0 bridgehead atoms. The van der Waals surface area contributed by atoms with Crippen LogP contribution in [0.5, 0.6) is 11.6 Å². The van der Waals surface area contributed by atoms with Crippen LogP contribution in [0.25, 0.3) is 0 Å². The molecule has 0 saturated carbocycles. The van der Waals surface area contributed by atoms with Gasteiger partial charge in [-0.1, -0.05) is 6.07 Å². The van der Waals surface area contributed by atoms with Crippen LogP contribution in [-0.2, 0) is 13.0 Å². The second kappa shape index (κ2) is 10.5. The summed E-state index contributed by atoms with van der Waals surface area (Å²) in [6.07, 6.45) is 2.58. The van der Waals surface area contributed by atoms with Crippen LogP contribution in [0.3, 0.4) is 0 Å². The average Bonchev–Trinajstić information content (AvgIpc) is 3.14. The maximum absolute atomic E-state index is 13.0. The van der Waals surface area contributed by atoms with Gasteiger partial charge in [0.05, 0.1) is 17.2 Å². The quantitative estimate of drug-likeness (QED) is 0.430. The van der Waals surface area contributed by atoms with Crippen LogP contribution >= 0.6 is 11.3 Å². The van der Waals surface area contributed by atoms with Gasteiger partial charge in [-0.05, 0) is 43.7 Å². The molecule has 2 N–H and O–H groups in total. The molecule has 3 rings (SSSR count). The number of nitrogens with zero attached hydrogens (tertiary/aromatic N) is 3. The Hall–Kier alpha value is -3.00. The molecular weight excluding hydrogens is 389 g/mol. The van der Waals surface area contributed by atoms with Crippen molar-refractivity contribution in [2.75, 3.05) is 13.1 Å². The summed E-state index contributed by atoms with van der Waals surface area (Å²) < 4.78 is 18.6. The van der Waals surface area contributed by atoms with E-state index in [1.54, 1.807) is 35.7 Å². The summed E-state index contributed by atoms with van der Waals surface area (Å²) >= 11 is 1.66. The van der Waals surface area contributed by atoms with Crippen molar-refractivity contribution in [1.29, 1.82) is 0 Å². The van der Waals surface area contributed by atoms with E-state index in [4.69, 9.17) is 4.74 Å². The van der Waals surface area contributed by atoms with Crippen LogP contribution in [0.2, 0.25) is 0 Å². The molecule has 0 radical (unpaired) electrons. The number of nitrogens with one attached hydrogen (secondary N) is 2. The summed E-state index contributed by atoms with van der Waals surface area (Å²) in [5.41, 5.74) is 2.06. The van der Waals surface area contributed by atoms with Gasteiger partial charge in [-0.2, -0.15) is 0 Å². The number of pyridine rings is 1. The van der Waals surface area contributed by atoms with E-state index in [0.29, 0.717) is 18.2 Å². The van der Waals surface area contributed by atoms with Gasteiger partial charge in [0, 0.05) is 37.2 Å². The minimum atomic E-state index is -0.301. The first-order valence-electron chi connectivity index (χ1n) is 9.44. The maximum atomic E-state index is 13.0. The van der Waals surface area contributed by atoms with Crippen LogP contribution in [0.1, 0.15) is 23.2 Å². The van der Waals surface area contributed by atoms with Crippen molar-refractivity contribution in [1.82, 2.24) is 20.6 Å². The van der Waals surface area contributed by atoms with E-state index < -0.39 is 0 Å². The number of hydrogen-bond donors (Lipinski definition) is 2. The number of hydrogen-bond acceptors (Lipinski definition) is 5. The SMILES string of the molecule is CCNC(=NCc1ccc(Oc2ccc(F)cc2)nc1)NCCc1csc(C)n1. The molecule has 0 aliphatic heterocycles. The Bertz CT molecular complexity index is 925. The topological polar surface area (TPSA) is 71.4 Å². The first kappa shape index (κ1) is 20.7. The van der Waals surface area contributed by atoms with Crippen LogP contribution in [-0.4, -0.2) is 29.0 Å². The summed E-state index contributed by atoms with van der Waals surface area (Å²) in [5, 5.41) is 9.73. The maximum Gasteiger partial charge on any atom is 0.219 e. The highest BCUT2D eigenvalue weighted by Crippen LogP contribution is 2.19. The van der Waals surface area contributed by atoms with E-state index >= 15 is 0 Å². The van der Waals surface area contributed by atoms with Crippen LogP contribution in [0.4, 0.5) is 4.39 Å². The fraction of sp³-hybridized carbons (Fsp3) is 0.286. The zero-order chi connectivity index (χ0) is 20.5. The summed E-state index contributed by atoms with van der Waals surface area (Å²) in [4.78, 5) is 13.4. The molecule has 152 valence electrons. The predicted molar refractivity (Wildman–Crippen MR) is 114 cm³/mol. The van der Waals surface area contributed by atoms with Crippen molar-refractivity contribution in [2.24, 2.45) is 4.99 Å². The first-order valence-corrected chi connectivity index (χ1v) is 10.3. The number of guanidine groups is 1. The molecular formula is C21H24FN5OS. The Balaban J connectivity index is 1.52. The number of aromatic nitrogens is 2. The highest BCUT2D eigenvalue weighted by Gasteiger charge is 2.03. The van der Waals surface area contributed by atoms with Crippen molar-refractivity contribution in [3.63, 3.8) is 0 Å². The number of ether oxygens (including phenoxy) is 1. The number of benzene rings is 1. The molecule has 6 nitrogen and oxygen atoms in total. The molecule has 3 aromatic rings. The Morgan fingerprint density at radius 2 is 2.00 bits per heavy atom. The van der Waals surface area contributed by atoms with Crippen molar-refractivity contribution in [3.8, 4) is 11.6 Å². The van der Waals surface area contributed by atoms with Gasteiger partial charge in [0.1, 0.15) is 11.6 Å². The Morgan fingerprint density at radius 3 is 2.66 bits per heavy atom. The van der Waals surface area contributed by atoms with E-state index in [-0.39, 0.29) is 5.82 Å². The molecule has 0 spiro atoms. The minimum Gasteiger partial charge on any atom is -0.439 e. The van der Waals surface area contributed by atoms with E-state index in [1.807, 2.05) is 19.9 Å². The molecule has 2 heterocycles. The van der Waals surface area contributed by atoms with Gasteiger partial charge in [-0.3, -0.25) is 0 Å². The van der Waals surface area contributed by atoms with Crippen molar-refractivity contribution >= 4 is 17.3 Å². The lowest BCUT2D eigenvalue weighted by Gasteiger charge is -2.11. The van der Waals surface area contributed by atoms with E-state index in [0.717, 1.165) is 41.7 Å². The zero-order valence-electron chi connectivity index (χ0n) is 16.5. The number of aryl methyl sites for hydroxylation is 1. The molecule has 8 heteroatoms. The van der Waals surface area contributed by atoms with Crippen molar-refractivity contribution in [3.05, 3.63) is 70.1 Å². The van der Waals surface area contributed by atoms with Gasteiger partial charge in [0.25, 0.3) is 0 Å². The number of thiazole rings is 1. The second-order valence-corrected chi connectivity index (χ2v) is 7.35. The Morgan fingerprint density at radius 1 is 1.17 bits per heavy atom. The van der Waals surface area contributed by atoms with Crippen LogP contribution in [0, 0.1) is 12.7 Å². The lowest BCUT2D eigenvalue weighted by Crippen LogP contribution is -2.38. The minimum absolute atomic E-state index is 0.301. The van der Waals surface area contributed by atoms with Crippen molar-refractivity contribution < 1.29 is 9.13 Å². The lowest BCUT2D eigenvalue weighted by molar-refractivity contribution is 0.461. The summed E-state index contributed by atoms with van der Waals surface area (Å²) in [7, 11) is 0. The van der Waals surface area contributed by atoms with E-state index in [9.17, 15) is 4.39 Å². The molecule has 29 heavy (non-hydrogen) atoms. The number of rotatable bonds is 8. The summed E-state index contributed by atoms with van der Waals surface area (Å²) in [6, 6.07) is 9.52. The lowest BCUT2D eigenvalue weighted by atomic mass is 10.3. The molecule has 0 fully saturated rings. The van der Waals surface area contributed by atoms with E-state index in [2.05, 4.69) is 31.0 Å². The van der Waals surface area contributed by atoms with Gasteiger partial charge in [0.2, 0.25) is 5.88 Å². The molecule has 0 atom stereocenters. The fourth-order valence-electron chi connectivity index (χ4n) is 2.53. The van der Waals surface area contributed by atoms with Gasteiger partial charge < -0.3 is 15.4 Å². The van der Waals surface area contributed by atoms with Gasteiger partial charge in [0.15, 0.2) is 5.96 Å². The Labute approximate surface area is 173 Å². The average molecular weight is 414 g/mol. The molecule has 0 aliphatic rings. The molecule has 0 unspecified atom stereocenters. The highest BCUT2D eigenvalue weighted by molar-refractivity contribution is 7.09. The van der Waals surface area contributed by atoms with E-state index in [1.165, 1.54) is 12.1 Å². The fourth-order valence-corrected chi connectivity index (χ4v) is 3.18. The molecule has 0 amide bonds. The summed E-state index contributed by atoms with van der Waals surface area (Å²) in [5.74, 6) is 1.45. The molecule has 0 aliphatic carbocycles. The van der Waals surface area contributed by atoms with Gasteiger partial charge >= 0.3 is 0 Å². The number of halogens is 1. The third-order valence-corrected chi connectivity index (χ3v) is 4.76. The van der Waals surface area contributed by atoms with Crippen LogP contribution in [0.15, 0.2) is 53.0 Å². The predicted octanol–water partition coefficient (Wildman–Crippen LogP) is 4.08. The normalized spacial score (nSPS) is 11.3. The van der Waals surface area contributed by atoms with Gasteiger partial charge in [-0.25, -0.2) is 19.4 Å². The third kappa shape index (κ3) is 6.83. The monoisotopic (exact) mass is 413 g/mol. The first-order chi connectivity index (χ1) is 14.1. The third-order valence-electron chi connectivity index (χ3n) is 3.94. The summed E-state index contributed by atoms with van der Waals surface area (Å²) in [6.45, 7) is 6.08. The van der Waals surface area contributed by atoms with Crippen LogP contribution < -0.4 is 15.4 Å². The smallest absolute Gasteiger partial charge is 0.219 e. The largest absolute Gasteiger partial charge is 0.439 e. The van der Waals surface area contributed by atoms with Gasteiger partial charge in [-0.15, -0.1) is 11.3 Å². The molecule has 1 aromatic carbocycles. The standard InChI is InChI=1S/C21H24FN5OS/c1-3-23-21(24-11-10-18-14-29-15(2)27-18)26-13-16-4-9-20(25-12-16)28-19-7-5-17(22)6-8-19/h4-9,12,14H,3,10-11,13H2,1-2H3,(H2,23,24,26). The second-order valence-electron chi connectivity index (χ2n) is 6.29. The number of aliphatic imine (C=N–C) groups is 1. The zero-order valence-corrected chi connectivity index (χ0v) is 17.3. The molecule has 2 aromatic heterocycles. The Kier molecular flexibility index (Phi) is 7.52. The van der Waals surface area contributed by atoms with Crippen molar-refractivity contribution in [2.45, 2.75) is 26.8 Å². The highest BCUT2D eigenvalue weighted by atomic mass is 32.1.